The van der Waals surface area contributed by atoms with E-state index in [-0.39, 0.29) is 11.9 Å². The predicted molar refractivity (Wildman–Crippen MR) is 70.4 cm³/mol. The minimum Gasteiger partial charge on any atom is -0.467 e. The van der Waals surface area contributed by atoms with Gasteiger partial charge in [0.2, 0.25) is 5.91 Å². The van der Waals surface area contributed by atoms with Crippen LogP contribution in [-0.2, 0) is 11.2 Å². The van der Waals surface area contributed by atoms with Gasteiger partial charge in [0, 0.05) is 11.4 Å². The summed E-state index contributed by atoms with van der Waals surface area (Å²) in [6, 6.07) is 7.98. The second kappa shape index (κ2) is 4.98. The molecular weight excluding hydrogens is 246 g/mol. The molecule has 0 saturated carbocycles. The van der Waals surface area contributed by atoms with E-state index < -0.39 is 0 Å². The van der Waals surface area contributed by atoms with Crippen LogP contribution < -0.4 is 0 Å². The molecule has 0 aromatic carbocycles. The standard InChI is InChI=1S/C14H15NO2S/c16-14(10-11-4-3-9-18-11)15-7-1-5-12(15)13-6-2-8-17-13/h2-4,6,8-9,12H,1,5,7,10H2/t12-/m0/s1. The first-order valence-electron chi connectivity index (χ1n) is 6.20. The van der Waals surface area contributed by atoms with Crippen molar-refractivity contribution < 1.29 is 9.21 Å². The molecule has 0 unspecified atom stereocenters. The van der Waals surface area contributed by atoms with Crippen molar-refractivity contribution in [3.8, 4) is 0 Å². The zero-order chi connectivity index (χ0) is 12.4. The third-order valence-electron chi connectivity index (χ3n) is 3.35. The molecule has 2 aromatic heterocycles. The molecule has 3 nitrogen and oxygen atoms in total. The maximum atomic E-state index is 12.3. The number of nitrogens with zero attached hydrogens (tertiary/aromatic N) is 1. The molecule has 0 N–H and O–H groups in total. The first-order valence-corrected chi connectivity index (χ1v) is 7.08. The summed E-state index contributed by atoms with van der Waals surface area (Å²) in [7, 11) is 0. The lowest BCUT2D eigenvalue weighted by molar-refractivity contribution is -0.131. The van der Waals surface area contributed by atoms with E-state index in [2.05, 4.69) is 0 Å². The van der Waals surface area contributed by atoms with Gasteiger partial charge >= 0.3 is 0 Å². The molecule has 1 atom stereocenters. The smallest absolute Gasteiger partial charge is 0.228 e. The van der Waals surface area contributed by atoms with Crippen LogP contribution in [-0.4, -0.2) is 17.4 Å². The summed E-state index contributed by atoms with van der Waals surface area (Å²) in [6.07, 6.45) is 4.25. The van der Waals surface area contributed by atoms with E-state index in [0.717, 1.165) is 30.0 Å². The fourth-order valence-corrected chi connectivity index (χ4v) is 3.20. The van der Waals surface area contributed by atoms with Crippen molar-refractivity contribution in [2.45, 2.75) is 25.3 Å². The number of carbonyl (C=O) groups excluding carboxylic acids is 1. The van der Waals surface area contributed by atoms with Crippen molar-refractivity contribution >= 4 is 17.2 Å². The van der Waals surface area contributed by atoms with Crippen LogP contribution in [0.3, 0.4) is 0 Å². The molecule has 3 heterocycles. The number of hydrogen-bond donors (Lipinski definition) is 0. The van der Waals surface area contributed by atoms with Gasteiger partial charge in [-0.25, -0.2) is 0 Å². The van der Waals surface area contributed by atoms with E-state index in [1.165, 1.54) is 0 Å². The number of carbonyl (C=O) groups is 1. The second-order valence-electron chi connectivity index (χ2n) is 4.52. The Morgan fingerprint density at radius 2 is 2.39 bits per heavy atom. The van der Waals surface area contributed by atoms with Gasteiger partial charge in [-0.2, -0.15) is 0 Å². The number of amides is 1. The zero-order valence-electron chi connectivity index (χ0n) is 10.0. The first-order chi connectivity index (χ1) is 8.84. The van der Waals surface area contributed by atoms with Crippen LogP contribution in [0.25, 0.3) is 0 Å². The van der Waals surface area contributed by atoms with Crippen LogP contribution in [0.5, 0.6) is 0 Å². The van der Waals surface area contributed by atoms with Crippen molar-refractivity contribution in [2.24, 2.45) is 0 Å². The number of hydrogen-bond acceptors (Lipinski definition) is 3. The summed E-state index contributed by atoms with van der Waals surface area (Å²) in [4.78, 5) is 15.4. The van der Waals surface area contributed by atoms with Crippen LogP contribution in [0.4, 0.5) is 0 Å². The lowest BCUT2D eigenvalue weighted by Gasteiger charge is -2.22. The van der Waals surface area contributed by atoms with Crippen molar-refractivity contribution in [1.82, 2.24) is 4.90 Å². The number of thiophene rings is 1. The van der Waals surface area contributed by atoms with Crippen molar-refractivity contribution in [3.05, 3.63) is 46.5 Å². The van der Waals surface area contributed by atoms with Crippen molar-refractivity contribution in [1.29, 1.82) is 0 Å². The van der Waals surface area contributed by atoms with Gasteiger partial charge in [0.1, 0.15) is 5.76 Å². The highest BCUT2D eigenvalue weighted by Crippen LogP contribution is 2.32. The average Bonchev–Trinajstić information content (AvgIpc) is 3.11. The summed E-state index contributed by atoms with van der Waals surface area (Å²) in [5.74, 6) is 1.11. The molecule has 1 amide bonds. The number of likely N-dealkylation sites (tertiary alicyclic amines) is 1. The molecule has 0 aliphatic carbocycles. The molecule has 0 radical (unpaired) electrons. The van der Waals surface area contributed by atoms with Crippen LogP contribution in [0.2, 0.25) is 0 Å². The highest BCUT2D eigenvalue weighted by atomic mass is 32.1. The maximum Gasteiger partial charge on any atom is 0.228 e. The predicted octanol–water partition coefficient (Wildman–Crippen LogP) is 3.25. The molecule has 94 valence electrons. The Balaban J connectivity index is 1.73. The molecule has 3 rings (SSSR count). The summed E-state index contributed by atoms with van der Waals surface area (Å²) >= 11 is 1.64. The Bertz CT molecular complexity index is 504. The molecule has 0 spiro atoms. The highest BCUT2D eigenvalue weighted by Gasteiger charge is 2.31. The van der Waals surface area contributed by atoms with E-state index in [9.17, 15) is 4.79 Å². The fraction of sp³-hybridized carbons (Fsp3) is 0.357. The SMILES string of the molecule is O=C(Cc1cccs1)N1CCC[C@H]1c1ccco1. The van der Waals surface area contributed by atoms with Gasteiger partial charge in [-0.3, -0.25) is 4.79 Å². The van der Waals surface area contributed by atoms with Crippen molar-refractivity contribution in [3.63, 3.8) is 0 Å². The molecule has 1 aliphatic rings. The quantitative estimate of drug-likeness (QED) is 0.849. The topological polar surface area (TPSA) is 33.5 Å². The summed E-state index contributed by atoms with van der Waals surface area (Å²) in [5, 5.41) is 2.01. The van der Waals surface area contributed by atoms with Gasteiger partial charge < -0.3 is 9.32 Å². The molecule has 1 aliphatic heterocycles. The van der Waals surface area contributed by atoms with Crippen molar-refractivity contribution in [2.75, 3.05) is 6.54 Å². The molecule has 0 bridgehead atoms. The molecule has 18 heavy (non-hydrogen) atoms. The molecular formula is C14H15NO2S. The zero-order valence-corrected chi connectivity index (χ0v) is 10.9. The number of rotatable bonds is 3. The van der Waals surface area contributed by atoms with Gasteiger partial charge in [0.15, 0.2) is 0 Å². The molecule has 1 fully saturated rings. The third kappa shape index (κ3) is 2.20. The molecule has 2 aromatic rings. The minimum absolute atomic E-state index is 0.132. The van der Waals surface area contributed by atoms with Gasteiger partial charge in [-0.1, -0.05) is 6.07 Å². The van der Waals surface area contributed by atoms with Gasteiger partial charge in [0.25, 0.3) is 0 Å². The number of furan rings is 1. The van der Waals surface area contributed by atoms with E-state index >= 15 is 0 Å². The van der Waals surface area contributed by atoms with E-state index in [1.54, 1.807) is 17.6 Å². The Labute approximate surface area is 110 Å². The normalized spacial score (nSPS) is 19.3. The lowest BCUT2D eigenvalue weighted by atomic mass is 10.1. The average molecular weight is 261 g/mol. The molecule has 4 heteroatoms. The maximum absolute atomic E-state index is 12.3. The van der Waals surface area contributed by atoms with Crippen LogP contribution >= 0.6 is 11.3 Å². The van der Waals surface area contributed by atoms with Gasteiger partial charge in [-0.15, -0.1) is 11.3 Å². The lowest BCUT2D eigenvalue weighted by Crippen LogP contribution is -2.31. The Morgan fingerprint density at radius 1 is 1.44 bits per heavy atom. The van der Waals surface area contributed by atoms with Gasteiger partial charge in [-0.05, 0) is 36.4 Å². The van der Waals surface area contributed by atoms with E-state index in [0.29, 0.717) is 6.42 Å². The Kier molecular flexibility index (Phi) is 3.19. The third-order valence-corrected chi connectivity index (χ3v) is 4.23. The van der Waals surface area contributed by atoms with Crippen LogP contribution in [0.15, 0.2) is 40.3 Å². The minimum atomic E-state index is 0.132. The summed E-state index contributed by atoms with van der Waals surface area (Å²) < 4.78 is 5.44. The summed E-state index contributed by atoms with van der Waals surface area (Å²) in [5.41, 5.74) is 0. The monoisotopic (exact) mass is 261 g/mol. The molecule has 1 saturated heterocycles. The highest BCUT2D eigenvalue weighted by molar-refractivity contribution is 7.10. The summed E-state index contributed by atoms with van der Waals surface area (Å²) in [6.45, 7) is 0.843. The van der Waals surface area contributed by atoms with E-state index in [4.69, 9.17) is 4.42 Å². The Morgan fingerprint density at radius 3 is 3.11 bits per heavy atom. The van der Waals surface area contributed by atoms with Gasteiger partial charge in [0.05, 0.1) is 18.7 Å². The van der Waals surface area contributed by atoms with E-state index in [1.807, 2.05) is 34.5 Å². The van der Waals surface area contributed by atoms with Crippen LogP contribution in [0, 0.1) is 0 Å². The Hall–Kier alpha value is -1.55. The second-order valence-corrected chi connectivity index (χ2v) is 5.55. The largest absolute Gasteiger partial charge is 0.467 e. The van der Waals surface area contributed by atoms with Crippen LogP contribution in [0.1, 0.15) is 29.5 Å². The fourth-order valence-electron chi connectivity index (χ4n) is 2.51. The first kappa shape index (κ1) is 11.5.